The predicted octanol–water partition coefficient (Wildman–Crippen LogP) is 3.21. The van der Waals surface area contributed by atoms with Crippen molar-refractivity contribution in [1.82, 2.24) is 15.6 Å². The minimum absolute atomic E-state index is 0.0351. The van der Waals surface area contributed by atoms with Gasteiger partial charge in [-0.25, -0.2) is 0 Å². The Labute approximate surface area is 151 Å². The maximum absolute atomic E-state index is 12.3. The van der Waals surface area contributed by atoms with E-state index < -0.39 is 0 Å². The lowest BCUT2D eigenvalue weighted by molar-refractivity contribution is 0.0900. The summed E-state index contributed by atoms with van der Waals surface area (Å²) in [5, 5.41) is 6.59. The molecule has 2 aromatic rings. The molecular weight excluding hydrogens is 338 g/mol. The van der Waals surface area contributed by atoms with Gasteiger partial charge in [0.15, 0.2) is 0 Å². The molecule has 1 aliphatic carbocycles. The first-order valence-corrected chi connectivity index (χ1v) is 8.78. The highest BCUT2D eigenvalue weighted by molar-refractivity contribution is 6.30. The van der Waals surface area contributed by atoms with Gasteiger partial charge in [-0.3, -0.25) is 14.6 Å². The number of halogens is 1. The lowest BCUT2D eigenvalue weighted by Gasteiger charge is -2.30. The van der Waals surface area contributed by atoms with Gasteiger partial charge >= 0.3 is 0 Å². The highest BCUT2D eigenvalue weighted by Crippen LogP contribution is 2.20. The van der Waals surface area contributed by atoms with Crippen molar-refractivity contribution in [3.8, 4) is 0 Å². The molecule has 6 heteroatoms. The van der Waals surface area contributed by atoms with Crippen LogP contribution in [0.1, 0.15) is 46.5 Å². The first-order valence-electron chi connectivity index (χ1n) is 8.40. The lowest BCUT2D eigenvalue weighted by atomic mass is 9.90. The average molecular weight is 358 g/mol. The summed E-state index contributed by atoms with van der Waals surface area (Å²) in [6.07, 6.45) is 5.08. The summed E-state index contributed by atoms with van der Waals surface area (Å²) in [6.45, 7) is 0. The van der Waals surface area contributed by atoms with E-state index in [0.29, 0.717) is 22.7 Å². The molecule has 1 heterocycles. The monoisotopic (exact) mass is 357 g/mol. The first kappa shape index (κ1) is 17.4. The Hall–Kier alpha value is -2.40. The number of rotatable bonds is 4. The number of amides is 2. The van der Waals surface area contributed by atoms with Crippen molar-refractivity contribution in [2.45, 2.75) is 37.8 Å². The van der Waals surface area contributed by atoms with Gasteiger partial charge in [0, 0.05) is 28.9 Å². The van der Waals surface area contributed by atoms with Crippen molar-refractivity contribution in [2.24, 2.45) is 0 Å². The van der Waals surface area contributed by atoms with E-state index in [-0.39, 0.29) is 23.9 Å². The predicted molar refractivity (Wildman–Crippen MR) is 96.7 cm³/mol. The second kappa shape index (κ2) is 8.12. The maximum atomic E-state index is 12.3. The second-order valence-corrected chi connectivity index (χ2v) is 6.67. The molecule has 0 saturated heterocycles. The number of carbonyl (C=O) groups is 2. The van der Waals surface area contributed by atoms with E-state index in [2.05, 4.69) is 15.6 Å². The summed E-state index contributed by atoms with van der Waals surface area (Å²) in [5.41, 5.74) is 0.958. The van der Waals surface area contributed by atoms with E-state index in [1.807, 2.05) is 0 Å². The first-order chi connectivity index (χ1) is 12.1. The minimum atomic E-state index is -0.174. The molecule has 0 aliphatic heterocycles. The van der Waals surface area contributed by atoms with Crippen LogP contribution in [-0.4, -0.2) is 28.9 Å². The molecule has 5 nitrogen and oxygen atoms in total. The van der Waals surface area contributed by atoms with Crippen LogP contribution in [0.4, 0.5) is 0 Å². The van der Waals surface area contributed by atoms with Gasteiger partial charge in [-0.2, -0.15) is 0 Å². The van der Waals surface area contributed by atoms with Crippen LogP contribution in [0.5, 0.6) is 0 Å². The molecule has 2 amide bonds. The SMILES string of the molecule is O=C(N[C@H]1CCC[C@H](NC(=O)c2ccccn2)C1)c1cccc(Cl)c1. The van der Waals surface area contributed by atoms with Crippen molar-refractivity contribution in [2.75, 3.05) is 0 Å². The van der Waals surface area contributed by atoms with Gasteiger partial charge in [0.2, 0.25) is 0 Å². The molecule has 130 valence electrons. The molecule has 1 saturated carbocycles. The Morgan fingerprint density at radius 3 is 2.44 bits per heavy atom. The summed E-state index contributed by atoms with van der Waals surface area (Å²) >= 11 is 5.94. The van der Waals surface area contributed by atoms with Gasteiger partial charge in [0.05, 0.1) is 0 Å². The number of aromatic nitrogens is 1. The standard InChI is InChI=1S/C19H20ClN3O2/c20-14-6-3-5-13(11-14)18(24)22-15-7-4-8-16(12-15)23-19(25)17-9-1-2-10-21-17/h1-3,5-6,9-11,15-16H,4,7-8,12H2,(H,22,24)(H,23,25)/t15-,16-/m0/s1. The largest absolute Gasteiger partial charge is 0.349 e. The van der Waals surface area contributed by atoms with Crippen LogP contribution in [0, 0.1) is 0 Å². The zero-order valence-corrected chi connectivity index (χ0v) is 14.5. The molecule has 1 aromatic carbocycles. The van der Waals surface area contributed by atoms with Crippen LogP contribution in [-0.2, 0) is 0 Å². The summed E-state index contributed by atoms with van der Waals surface area (Å²) in [5.74, 6) is -0.309. The number of nitrogens with one attached hydrogen (secondary N) is 2. The quantitative estimate of drug-likeness (QED) is 0.882. The fraction of sp³-hybridized carbons (Fsp3) is 0.316. The van der Waals surface area contributed by atoms with Crippen molar-refractivity contribution in [3.05, 3.63) is 64.9 Å². The Morgan fingerprint density at radius 2 is 1.76 bits per heavy atom. The van der Waals surface area contributed by atoms with Crippen LogP contribution in [0.2, 0.25) is 5.02 Å². The third-order valence-corrected chi connectivity index (χ3v) is 4.56. The van der Waals surface area contributed by atoms with Crippen LogP contribution in [0.15, 0.2) is 48.7 Å². The summed E-state index contributed by atoms with van der Waals surface area (Å²) < 4.78 is 0. The molecule has 0 radical (unpaired) electrons. The van der Waals surface area contributed by atoms with Gasteiger partial charge in [-0.15, -0.1) is 0 Å². The number of hydrogen-bond donors (Lipinski definition) is 2. The van der Waals surface area contributed by atoms with Crippen molar-refractivity contribution >= 4 is 23.4 Å². The Morgan fingerprint density at radius 1 is 1.00 bits per heavy atom. The molecule has 0 spiro atoms. The van der Waals surface area contributed by atoms with E-state index in [4.69, 9.17) is 11.6 Å². The Balaban J connectivity index is 1.56. The Bertz CT molecular complexity index is 751. The zero-order valence-electron chi connectivity index (χ0n) is 13.7. The fourth-order valence-corrected chi connectivity index (χ4v) is 3.30. The third kappa shape index (κ3) is 4.79. The summed E-state index contributed by atoms with van der Waals surface area (Å²) in [7, 11) is 0. The molecule has 2 N–H and O–H groups in total. The molecule has 1 fully saturated rings. The van der Waals surface area contributed by atoms with Gasteiger partial charge in [-0.05, 0) is 56.0 Å². The second-order valence-electron chi connectivity index (χ2n) is 6.23. The van der Waals surface area contributed by atoms with E-state index in [1.54, 1.807) is 48.7 Å². The van der Waals surface area contributed by atoms with Crippen LogP contribution < -0.4 is 10.6 Å². The van der Waals surface area contributed by atoms with Crippen LogP contribution in [0.25, 0.3) is 0 Å². The maximum Gasteiger partial charge on any atom is 0.270 e. The van der Waals surface area contributed by atoms with Crippen molar-refractivity contribution < 1.29 is 9.59 Å². The number of carbonyl (C=O) groups excluding carboxylic acids is 2. The summed E-state index contributed by atoms with van der Waals surface area (Å²) in [4.78, 5) is 28.6. The molecule has 25 heavy (non-hydrogen) atoms. The Kier molecular flexibility index (Phi) is 5.66. The smallest absolute Gasteiger partial charge is 0.270 e. The molecule has 0 unspecified atom stereocenters. The lowest BCUT2D eigenvalue weighted by Crippen LogP contribution is -2.45. The zero-order chi connectivity index (χ0) is 17.6. The van der Waals surface area contributed by atoms with Gasteiger partial charge in [0.25, 0.3) is 11.8 Å². The molecule has 2 atom stereocenters. The fourth-order valence-electron chi connectivity index (χ4n) is 3.11. The van der Waals surface area contributed by atoms with E-state index in [1.165, 1.54) is 0 Å². The summed E-state index contributed by atoms with van der Waals surface area (Å²) in [6, 6.07) is 12.2. The number of pyridine rings is 1. The highest BCUT2D eigenvalue weighted by atomic mass is 35.5. The van der Waals surface area contributed by atoms with E-state index >= 15 is 0 Å². The molecular formula is C19H20ClN3O2. The van der Waals surface area contributed by atoms with Crippen molar-refractivity contribution in [1.29, 1.82) is 0 Å². The van der Waals surface area contributed by atoms with E-state index in [0.717, 1.165) is 19.3 Å². The van der Waals surface area contributed by atoms with Gasteiger partial charge in [0.1, 0.15) is 5.69 Å². The van der Waals surface area contributed by atoms with Crippen molar-refractivity contribution in [3.63, 3.8) is 0 Å². The van der Waals surface area contributed by atoms with Gasteiger partial charge < -0.3 is 10.6 Å². The number of hydrogen-bond acceptors (Lipinski definition) is 3. The minimum Gasteiger partial charge on any atom is -0.349 e. The molecule has 3 rings (SSSR count). The normalized spacial score (nSPS) is 19.9. The van der Waals surface area contributed by atoms with Crippen LogP contribution in [0.3, 0.4) is 0 Å². The number of nitrogens with zero attached hydrogens (tertiary/aromatic N) is 1. The van der Waals surface area contributed by atoms with E-state index in [9.17, 15) is 9.59 Å². The average Bonchev–Trinajstić information content (AvgIpc) is 2.63. The molecule has 1 aromatic heterocycles. The molecule has 1 aliphatic rings. The number of benzene rings is 1. The third-order valence-electron chi connectivity index (χ3n) is 4.33. The molecule has 0 bridgehead atoms. The highest BCUT2D eigenvalue weighted by Gasteiger charge is 2.25. The van der Waals surface area contributed by atoms with Gasteiger partial charge in [-0.1, -0.05) is 23.7 Å². The van der Waals surface area contributed by atoms with Crippen LogP contribution >= 0.6 is 11.6 Å². The topological polar surface area (TPSA) is 71.1 Å².